The van der Waals surface area contributed by atoms with E-state index in [1.165, 1.54) is 19.3 Å². The summed E-state index contributed by atoms with van der Waals surface area (Å²) in [4.78, 5) is 13.2. The minimum Gasteiger partial charge on any atom is -0.464 e. The zero-order valence-corrected chi connectivity index (χ0v) is 10.8. The van der Waals surface area contributed by atoms with E-state index in [0.29, 0.717) is 25.0 Å². The molecule has 1 aromatic heterocycles. The van der Waals surface area contributed by atoms with E-state index >= 15 is 0 Å². The van der Waals surface area contributed by atoms with Crippen LogP contribution in [0.15, 0.2) is 16.5 Å². The van der Waals surface area contributed by atoms with E-state index in [9.17, 15) is 4.79 Å². The highest BCUT2D eigenvalue weighted by Crippen LogP contribution is 2.47. The van der Waals surface area contributed by atoms with Gasteiger partial charge < -0.3 is 10.2 Å². The fraction of sp³-hybridized carbons (Fsp3) is 0.643. The van der Waals surface area contributed by atoms with Crippen LogP contribution in [-0.2, 0) is 11.3 Å². The minimum absolute atomic E-state index is 0.260. The van der Waals surface area contributed by atoms with Gasteiger partial charge in [-0.1, -0.05) is 6.92 Å². The van der Waals surface area contributed by atoms with Crippen LogP contribution < -0.4 is 5.73 Å². The van der Waals surface area contributed by atoms with Crippen LogP contribution in [0.4, 0.5) is 0 Å². The quantitative estimate of drug-likeness (QED) is 0.835. The van der Waals surface area contributed by atoms with Gasteiger partial charge in [0, 0.05) is 12.0 Å². The summed E-state index contributed by atoms with van der Waals surface area (Å²) in [5.41, 5.74) is 5.28. The molecule has 4 nitrogen and oxygen atoms in total. The van der Waals surface area contributed by atoms with Crippen molar-refractivity contribution in [1.82, 2.24) is 4.90 Å². The molecule has 0 spiro atoms. The van der Waals surface area contributed by atoms with Gasteiger partial charge in [-0.2, -0.15) is 0 Å². The molecular formula is C14H20N2O2. The van der Waals surface area contributed by atoms with E-state index in [4.69, 9.17) is 10.2 Å². The standard InChI is InChI=1S/C14H20N2O2/c1-9-6-12(9)13-5-4-11(18-13)7-16(8-14(15)17)10-2-3-10/h4-5,9-10,12H,2-3,6-8H2,1H3,(H2,15,17)/t9-,12+/m1/s1. The summed E-state index contributed by atoms with van der Waals surface area (Å²) in [6, 6.07) is 4.64. The number of hydrogen-bond acceptors (Lipinski definition) is 3. The monoisotopic (exact) mass is 248 g/mol. The zero-order valence-electron chi connectivity index (χ0n) is 10.8. The molecule has 1 aromatic rings. The Balaban J connectivity index is 1.63. The lowest BCUT2D eigenvalue weighted by atomic mass is 10.3. The van der Waals surface area contributed by atoms with Crippen LogP contribution in [-0.4, -0.2) is 23.4 Å². The molecule has 4 heteroatoms. The highest BCUT2D eigenvalue weighted by Gasteiger charge is 2.37. The lowest BCUT2D eigenvalue weighted by Crippen LogP contribution is -2.34. The molecule has 2 atom stereocenters. The molecule has 0 aliphatic heterocycles. The summed E-state index contributed by atoms with van der Waals surface area (Å²) in [6.07, 6.45) is 3.57. The molecule has 0 radical (unpaired) electrons. The van der Waals surface area contributed by atoms with Crippen molar-refractivity contribution < 1.29 is 9.21 Å². The smallest absolute Gasteiger partial charge is 0.231 e. The Morgan fingerprint density at radius 2 is 2.22 bits per heavy atom. The average molecular weight is 248 g/mol. The van der Waals surface area contributed by atoms with Crippen molar-refractivity contribution in [2.24, 2.45) is 11.7 Å². The molecule has 18 heavy (non-hydrogen) atoms. The summed E-state index contributed by atoms with van der Waals surface area (Å²) in [5.74, 6) is 3.17. The molecule has 2 aliphatic rings. The maximum absolute atomic E-state index is 11.0. The number of carbonyl (C=O) groups is 1. The highest BCUT2D eigenvalue weighted by atomic mass is 16.3. The van der Waals surface area contributed by atoms with Crippen molar-refractivity contribution in [1.29, 1.82) is 0 Å². The first-order valence-electron chi connectivity index (χ1n) is 6.74. The van der Waals surface area contributed by atoms with Crippen molar-refractivity contribution >= 4 is 5.91 Å². The van der Waals surface area contributed by atoms with E-state index in [0.717, 1.165) is 17.4 Å². The molecular weight excluding hydrogens is 228 g/mol. The van der Waals surface area contributed by atoms with Gasteiger partial charge in [0.15, 0.2) is 0 Å². The number of rotatable bonds is 6. The van der Waals surface area contributed by atoms with Crippen LogP contribution in [0.1, 0.15) is 43.6 Å². The molecule has 0 unspecified atom stereocenters. The second kappa shape index (κ2) is 4.43. The Bertz CT molecular complexity index is 450. The Morgan fingerprint density at radius 3 is 2.78 bits per heavy atom. The largest absolute Gasteiger partial charge is 0.464 e. The van der Waals surface area contributed by atoms with Crippen molar-refractivity contribution in [2.45, 2.75) is 44.7 Å². The van der Waals surface area contributed by atoms with Crippen LogP contribution >= 0.6 is 0 Å². The second-order valence-electron chi connectivity index (χ2n) is 5.73. The van der Waals surface area contributed by atoms with Gasteiger partial charge >= 0.3 is 0 Å². The predicted octanol–water partition coefficient (Wildman–Crippen LogP) is 1.85. The fourth-order valence-electron chi connectivity index (χ4n) is 2.55. The van der Waals surface area contributed by atoms with Gasteiger partial charge in [-0.25, -0.2) is 0 Å². The lowest BCUT2D eigenvalue weighted by molar-refractivity contribution is -0.119. The summed E-state index contributed by atoms with van der Waals surface area (Å²) >= 11 is 0. The van der Waals surface area contributed by atoms with E-state index in [1.54, 1.807) is 0 Å². The summed E-state index contributed by atoms with van der Waals surface area (Å²) in [6.45, 7) is 3.28. The molecule has 0 saturated heterocycles. The lowest BCUT2D eigenvalue weighted by Gasteiger charge is -2.18. The number of nitrogens with two attached hydrogens (primary N) is 1. The molecule has 0 bridgehead atoms. The minimum atomic E-state index is -0.260. The Kier molecular flexibility index (Phi) is 2.90. The van der Waals surface area contributed by atoms with Crippen LogP contribution in [0, 0.1) is 5.92 Å². The molecule has 2 aliphatic carbocycles. The van der Waals surface area contributed by atoms with E-state index in [-0.39, 0.29) is 5.91 Å². The third-order valence-electron chi connectivity index (χ3n) is 3.94. The SMILES string of the molecule is C[C@@H]1C[C@@H]1c1ccc(CN(CC(N)=O)C2CC2)o1. The number of hydrogen-bond donors (Lipinski definition) is 1. The van der Waals surface area contributed by atoms with E-state index < -0.39 is 0 Å². The summed E-state index contributed by atoms with van der Waals surface area (Å²) < 4.78 is 5.87. The molecule has 98 valence electrons. The Hall–Kier alpha value is -1.29. The first-order valence-corrected chi connectivity index (χ1v) is 6.74. The van der Waals surface area contributed by atoms with Crippen LogP contribution in [0.3, 0.4) is 0 Å². The van der Waals surface area contributed by atoms with E-state index in [2.05, 4.69) is 17.9 Å². The summed E-state index contributed by atoms with van der Waals surface area (Å²) in [5, 5.41) is 0. The van der Waals surface area contributed by atoms with Crippen LogP contribution in [0.5, 0.6) is 0 Å². The zero-order chi connectivity index (χ0) is 12.7. The van der Waals surface area contributed by atoms with Crippen molar-refractivity contribution in [2.75, 3.05) is 6.54 Å². The van der Waals surface area contributed by atoms with Gasteiger partial charge in [-0.3, -0.25) is 9.69 Å². The third kappa shape index (κ3) is 2.58. The average Bonchev–Trinajstić information content (AvgIpc) is 3.20. The predicted molar refractivity (Wildman–Crippen MR) is 67.9 cm³/mol. The molecule has 1 amide bonds. The van der Waals surface area contributed by atoms with Crippen LogP contribution in [0.2, 0.25) is 0 Å². The highest BCUT2D eigenvalue weighted by molar-refractivity contribution is 5.76. The summed E-state index contributed by atoms with van der Waals surface area (Å²) in [7, 11) is 0. The first-order chi connectivity index (χ1) is 8.63. The van der Waals surface area contributed by atoms with Crippen LogP contribution in [0.25, 0.3) is 0 Å². The van der Waals surface area contributed by atoms with Gasteiger partial charge in [0.1, 0.15) is 11.5 Å². The second-order valence-corrected chi connectivity index (χ2v) is 5.73. The topological polar surface area (TPSA) is 59.5 Å². The number of amides is 1. The number of nitrogens with zero attached hydrogens (tertiary/aromatic N) is 1. The Labute approximate surface area is 107 Å². The van der Waals surface area contributed by atoms with Gasteiger partial charge in [0.25, 0.3) is 0 Å². The van der Waals surface area contributed by atoms with Gasteiger partial charge in [0.2, 0.25) is 5.91 Å². The maximum Gasteiger partial charge on any atom is 0.231 e. The number of primary amides is 1. The molecule has 3 rings (SSSR count). The number of carbonyl (C=O) groups excluding carboxylic acids is 1. The molecule has 0 aromatic carbocycles. The molecule has 2 fully saturated rings. The normalized spacial score (nSPS) is 26.6. The van der Waals surface area contributed by atoms with Crippen molar-refractivity contribution in [3.8, 4) is 0 Å². The molecule has 1 heterocycles. The maximum atomic E-state index is 11.0. The van der Waals surface area contributed by atoms with Gasteiger partial charge in [-0.15, -0.1) is 0 Å². The first kappa shape index (κ1) is 11.8. The van der Waals surface area contributed by atoms with Gasteiger partial charge in [0.05, 0.1) is 13.1 Å². The van der Waals surface area contributed by atoms with E-state index in [1.807, 2.05) is 6.07 Å². The third-order valence-corrected chi connectivity index (χ3v) is 3.94. The van der Waals surface area contributed by atoms with Crippen molar-refractivity contribution in [3.63, 3.8) is 0 Å². The van der Waals surface area contributed by atoms with Crippen molar-refractivity contribution in [3.05, 3.63) is 23.7 Å². The number of furan rings is 1. The fourth-order valence-corrected chi connectivity index (χ4v) is 2.55. The molecule has 2 saturated carbocycles. The molecule has 2 N–H and O–H groups in total. The Morgan fingerprint density at radius 1 is 1.50 bits per heavy atom. The van der Waals surface area contributed by atoms with Gasteiger partial charge in [-0.05, 0) is 37.3 Å².